The summed E-state index contributed by atoms with van der Waals surface area (Å²) in [6.07, 6.45) is 2.26. The molecule has 10 heteroatoms. The van der Waals surface area contributed by atoms with Gasteiger partial charge in [0.15, 0.2) is 0 Å². The number of halogens is 2. The second kappa shape index (κ2) is 14.5. The molecule has 0 saturated carbocycles. The minimum Gasteiger partial charge on any atom is -0.338 e. The molecule has 0 aliphatic heterocycles. The molecule has 0 aromatic carbocycles. The number of hydrogen-bond acceptors (Lipinski definition) is 4. The first kappa shape index (κ1) is 39.5. The van der Waals surface area contributed by atoms with Gasteiger partial charge in [-0.15, -0.1) is 45.3 Å². The fraction of sp³-hybridized carbons (Fsp3) is 0.600. The van der Waals surface area contributed by atoms with Crippen molar-refractivity contribution in [3.63, 3.8) is 0 Å². The van der Waals surface area contributed by atoms with Crippen LogP contribution in [-0.4, -0.2) is 25.3 Å². The third-order valence-electron chi connectivity index (χ3n) is 12.3. The molecular formula is C40H58Br2N2S4Si2. The van der Waals surface area contributed by atoms with Crippen molar-refractivity contribution in [3.05, 3.63) is 21.1 Å². The maximum absolute atomic E-state index is 4.25. The molecule has 0 unspecified atom stereocenters. The van der Waals surface area contributed by atoms with Gasteiger partial charge >= 0.3 is 0 Å². The van der Waals surface area contributed by atoms with E-state index in [1.54, 1.807) is 9.00 Å². The molecule has 0 aliphatic carbocycles. The third-order valence-corrected chi connectivity index (χ3v) is 35.3. The number of nitrogens with zero attached hydrogens (tertiary/aromatic N) is 2. The number of thiophene rings is 4. The van der Waals surface area contributed by atoms with Crippen LogP contribution >= 0.6 is 77.2 Å². The SMILES string of the molecule is CCCn1c2cc([Si](C(C)C)(C(C)C)C(C)C)sc2c2sc(-c3sc4c5sc([Si](C(C)C)(C(C)C)C(C)C)cc5n(CCC)c4c3Br)c(Br)c21. The van der Waals surface area contributed by atoms with Gasteiger partial charge in [-0.25, -0.2) is 0 Å². The van der Waals surface area contributed by atoms with Crippen LogP contribution in [0.1, 0.15) is 110 Å². The van der Waals surface area contributed by atoms with Gasteiger partial charge in [-0.1, -0.05) is 96.9 Å². The summed E-state index contributed by atoms with van der Waals surface area (Å²) in [5.41, 5.74) is 9.97. The Kier molecular flexibility index (Phi) is 11.4. The van der Waals surface area contributed by atoms with E-state index in [9.17, 15) is 0 Å². The van der Waals surface area contributed by atoms with Gasteiger partial charge in [0.25, 0.3) is 0 Å². The van der Waals surface area contributed by atoms with Gasteiger partial charge < -0.3 is 9.13 Å². The van der Waals surface area contributed by atoms with Crippen LogP contribution in [-0.2, 0) is 13.1 Å². The number of aromatic nitrogens is 2. The van der Waals surface area contributed by atoms with E-state index in [0.29, 0.717) is 33.2 Å². The maximum atomic E-state index is 4.25. The van der Waals surface area contributed by atoms with Crippen LogP contribution in [0.25, 0.3) is 50.6 Å². The van der Waals surface area contributed by atoms with Crippen molar-refractivity contribution in [1.82, 2.24) is 9.13 Å². The zero-order valence-electron chi connectivity index (χ0n) is 32.7. The van der Waals surface area contributed by atoms with Crippen molar-refractivity contribution in [1.29, 1.82) is 0 Å². The van der Waals surface area contributed by atoms with Crippen molar-refractivity contribution in [2.75, 3.05) is 0 Å². The Morgan fingerprint density at radius 3 is 1.06 bits per heavy atom. The quantitative estimate of drug-likeness (QED) is 0.102. The fourth-order valence-corrected chi connectivity index (χ4v) is 36.0. The molecule has 6 aromatic rings. The lowest BCUT2D eigenvalue weighted by Gasteiger charge is -2.42. The molecule has 6 heterocycles. The topological polar surface area (TPSA) is 9.86 Å². The zero-order chi connectivity index (χ0) is 36.8. The number of aryl methyl sites for hydroxylation is 2. The highest BCUT2D eigenvalue weighted by Crippen LogP contribution is 2.56. The molecular weight excluding hydrogens is 853 g/mol. The highest BCUT2D eigenvalue weighted by molar-refractivity contribution is 9.11. The molecule has 0 amide bonds. The predicted octanol–water partition coefficient (Wildman–Crippen LogP) is 15.9. The first-order chi connectivity index (χ1) is 23.5. The summed E-state index contributed by atoms with van der Waals surface area (Å²) >= 11 is 16.8. The summed E-state index contributed by atoms with van der Waals surface area (Å²) in [7, 11) is -3.51. The van der Waals surface area contributed by atoms with Crippen LogP contribution in [0.5, 0.6) is 0 Å². The Morgan fingerprint density at radius 1 is 0.500 bits per heavy atom. The minimum absolute atomic E-state index is 0.707. The predicted molar refractivity (Wildman–Crippen MR) is 247 cm³/mol. The summed E-state index contributed by atoms with van der Waals surface area (Å²) in [5.74, 6) is 0. The van der Waals surface area contributed by atoms with E-state index in [-0.39, 0.29) is 0 Å². The molecule has 274 valence electrons. The van der Waals surface area contributed by atoms with Crippen LogP contribution < -0.4 is 9.00 Å². The Balaban J connectivity index is 1.61. The summed E-state index contributed by atoms with van der Waals surface area (Å²) < 4.78 is 17.2. The summed E-state index contributed by atoms with van der Waals surface area (Å²) in [4.78, 5) is 2.77. The number of fused-ring (bicyclic) bond motifs is 6. The maximum Gasteiger partial charge on any atom is 0.107 e. The number of hydrogen-bond donors (Lipinski definition) is 0. The average molecular weight is 911 g/mol. The number of rotatable bonds is 13. The third kappa shape index (κ3) is 5.51. The molecule has 6 aromatic heterocycles. The van der Waals surface area contributed by atoms with Gasteiger partial charge in [0, 0.05) is 13.1 Å². The van der Waals surface area contributed by atoms with Crippen molar-refractivity contribution < 1.29 is 0 Å². The van der Waals surface area contributed by atoms with Gasteiger partial charge in [-0.2, -0.15) is 0 Å². The van der Waals surface area contributed by atoms with Crippen LogP contribution in [0.3, 0.4) is 0 Å². The van der Waals surface area contributed by atoms with E-state index in [1.807, 2.05) is 22.7 Å². The van der Waals surface area contributed by atoms with Gasteiger partial charge in [-0.3, -0.25) is 0 Å². The van der Waals surface area contributed by atoms with Gasteiger partial charge in [0.05, 0.1) is 59.6 Å². The van der Waals surface area contributed by atoms with E-state index >= 15 is 0 Å². The van der Waals surface area contributed by atoms with Crippen LogP contribution in [0.4, 0.5) is 0 Å². The van der Waals surface area contributed by atoms with Crippen molar-refractivity contribution in [2.45, 2.75) is 156 Å². The van der Waals surface area contributed by atoms with E-state index in [1.165, 1.54) is 59.6 Å². The highest BCUT2D eigenvalue weighted by Gasteiger charge is 2.47. The highest BCUT2D eigenvalue weighted by atomic mass is 79.9. The molecule has 0 aliphatic rings. The van der Waals surface area contributed by atoms with Crippen LogP contribution in [0.2, 0.25) is 33.2 Å². The Labute approximate surface area is 336 Å². The zero-order valence-corrected chi connectivity index (χ0v) is 41.2. The molecule has 0 saturated heterocycles. The van der Waals surface area contributed by atoms with Crippen LogP contribution in [0, 0.1) is 0 Å². The molecule has 6 rings (SSSR count). The molecule has 0 N–H and O–H groups in total. The summed E-state index contributed by atoms with van der Waals surface area (Å²) in [5, 5.41) is 0. The van der Waals surface area contributed by atoms with Crippen molar-refractivity contribution in [3.8, 4) is 9.75 Å². The normalized spacial score (nSPS) is 13.8. The van der Waals surface area contributed by atoms with E-state index in [4.69, 9.17) is 0 Å². The van der Waals surface area contributed by atoms with Gasteiger partial charge in [-0.05, 0) is 99.1 Å². The molecule has 0 bridgehead atoms. The Bertz CT molecular complexity index is 1970. The standard InChI is InChI=1S/C40H58Br2N2S4Si2/c1-15-17-43-27-19-29(49(21(3)4,22(5)6)23(7)8)45-35(27)39-33(43)31(41)37(47-39)38-32(42)34-40(48-38)36-28(44(34)18-16-2)20-30(46-36)50(24(9)10,25(11)12)26(13)14/h19-26H,15-18H2,1-14H3. The van der Waals surface area contributed by atoms with E-state index in [0.717, 1.165) is 25.9 Å². The largest absolute Gasteiger partial charge is 0.338 e. The van der Waals surface area contributed by atoms with Crippen molar-refractivity contribution in [2.24, 2.45) is 0 Å². The summed E-state index contributed by atoms with van der Waals surface area (Å²) in [6.45, 7) is 36.7. The van der Waals surface area contributed by atoms with Crippen molar-refractivity contribution >= 4 is 143 Å². The molecule has 0 atom stereocenters. The second-order valence-corrected chi connectivity index (χ2v) is 34.8. The molecule has 50 heavy (non-hydrogen) atoms. The monoisotopic (exact) mass is 908 g/mol. The molecule has 2 nitrogen and oxygen atoms in total. The minimum atomic E-state index is -1.76. The summed E-state index contributed by atoms with van der Waals surface area (Å²) in [6, 6.07) is 5.29. The lowest BCUT2D eigenvalue weighted by Crippen LogP contribution is -2.54. The lowest BCUT2D eigenvalue weighted by molar-refractivity contribution is 0.723. The molecule has 0 fully saturated rings. The van der Waals surface area contributed by atoms with Crippen LogP contribution in [0.15, 0.2) is 21.1 Å². The first-order valence-corrected chi connectivity index (χ1v) is 28.3. The molecule has 0 radical (unpaired) electrons. The van der Waals surface area contributed by atoms with E-state index < -0.39 is 16.1 Å². The smallest absolute Gasteiger partial charge is 0.107 e. The van der Waals surface area contributed by atoms with E-state index in [2.05, 4.69) is 173 Å². The van der Waals surface area contributed by atoms with Gasteiger partial charge in [0.2, 0.25) is 0 Å². The van der Waals surface area contributed by atoms with Gasteiger partial charge in [0.1, 0.15) is 16.1 Å². The molecule has 0 spiro atoms. The average Bonchev–Trinajstić information content (AvgIpc) is 3.83. The second-order valence-electron chi connectivity index (χ2n) is 16.6. The first-order valence-electron chi connectivity index (χ1n) is 19.0. The fourth-order valence-electron chi connectivity index (χ4n) is 10.7. The Morgan fingerprint density at radius 2 is 0.800 bits per heavy atom. The Hall–Kier alpha value is -0.206. The lowest BCUT2D eigenvalue weighted by atomic mass is 10.3.